The molecule has 2 rings (SSSR count). The number of benzene rings is 1. The van der Waals surface area contributed by atoms with Crippen LogP contribution in [0.2, 0.25) is 0 Å². The Hall–Kier alpha value is -2.53. The SMILES string of the molecule is C[C@@H](O)[C@H](C(=O)O)C(=O)Cc1cccc(-c2ccccc2)n1. The van der Waals surface area contributed by atoms with Gasteiger partial charge in [-0.1, -0.05) is 36.4 Å². The topological polar surface area (TPSA) is 87.5 Å². The van der Waals surface area contributed by atoms with E-state index in [4.69, 9.17) is 5.11 Å². The predicted molar refractivity (Wildman–Crippen MR) is 81.2 cm³/mol. The van der Waals surface area contributed by atoms with Crippen molar-refractivity contribution >= 4 is 11.8 Å². The van der Waals surface area contributed by atoms with Gasteiger partial charge in [0.25, 0.3) is 0 Å². The van der Waals surface area contributed by atoms with E-state index < -0.39 is 23.8 Å². The Morgan fingerprint density at radius 1 is 1.09 bits per heavy atom. The number of hydrogen-bond donors (Lipinski definition) is 2. The third-order valence-corrected chi connectivity index (χ3v) is 3.33. The van der Waals surface area contributed by atoms with Crippen LogP contribution in [0.1, 0.15) is 12.6 Å². The van der Waals surface area contributed by atoms with Crippen molar-refractivity contribution in [2.45, 2.75) is 19.4 Å². The van der Waals surface area contributed by atoms with Crippen LogP contribution in [0.25, 0.3) is 11.3 Å². The van der Waals surface area contributed by atoms with Crippen LogP contribution in [-0.2, 0) is 16.0 Å². The maximum atomic E-state index is 12.1. The van der Waals surface area contributed by atoms with E-state index in [9.17, 15) is 14.7 Å². The van der Waals surface area contributed by atoms with E-state index >= 15 is 0 Å². The summed E-state index contributed by atoms with van der Waals surface area (Å²) in [4.78, 5) is 27.5. The van der Waals surface area contributed by atoms with Gasteiger partial charge in [-0.05, 0) is 19.1 Å². The number of aromatic nitrogens is 1. The minimum atomic E-state index is -1.43. The fourth-order valence-electron chi connectivity index (χ4n) is 2.25. The molecule has 0 aliphatic heterocycles. The molecule has 2 aromatic rings. The zero-order valence-electron chi connectivity index (χ0n) is 12.1. The molecule has 0 aliphatic carbocycles. The van der Waals surface area contributed by atoms with Gasteiger partial charge < -0.3 is 10.2 Å². The van der Waals surface area contributed by atoms with E-state index in [0.717, 1.165) is 11.3 Å². The predicted octanol–water partition coefficient (Wildman–Crippen LogP) is 1.94. The minimum Gasteiger partial charge on any atom is -0.481 e. The average molecular weight is 299 g/mol. The number of aliphatic hydroxyl groups is 1. The molecule has 114 valence electrons. The summed E-state index contributed by atoms with van der Waals surface area (Å²) in [6.07, 6.45) is -1.36. The zero-order chi connectivity index (χ0) is 16.1. The Bertz CT molecular complexity index is 667. The van der Waals surface area contributed by atoms with Crippen LogP contribution in [0.3, 0.4) is 0 Å². The molecule has 0 radical (unpaired) electrons. The van der Waals surface area contributed by atoms with Crippen molar-refractivity contribution < 1.29 is 19.8 Å². The molecule has 1 aromatic heterocycles. The van der Waals surface area contributed by atoms with Crippen LogP contribution < -0.4 is 0 Å². The molecule has 0 amide bonds. The molecular formula is C17H17NO4. The fraction of sp³-hybridized carbons (Fsp3) is 0.235. The lowest BCUT2D eigenvalue weighted by atomic mass is 9.95. The second-order valence-corrected chi connectivity index (χ2v) is 5.08. The summed E-state index contributed by atoms with van der Waals surface area (Å²) < 4.78 is 0. The van der Waals surface area contributed by atoms with Gasteiger partial charge in [0.1, 0.15) is 5.92 Å². The summed E-state index contributed by atoms with van der Waals surface area (Å²) in [7, 11) is 0. The Labute approximate surface area is 128 Å². The molecule has 0 spiro atoms. The van der Waals surface area contributed by atoms with E-state index in [1.165, 1.54) is 6.92 Å². The molecule has 2 atom stereocenters. The van der Waals surface area contributed by atoms with E-state index in [1.807, 2.05) is 36.4 Å². The first-order valence-corrected chi connectivity index (χ1v) is 6.94. The smallest absolute Gasteiger partial charge is 0.316 e. The van der Waals surface area contributed by atoms with Gasteiger partial charge in [-0.25, -0.2) is 0 Å². The number of hydrogen-bond acceptors (Lipinski definition) is 4. The highest BCUT2D eigenvalue weighted by Crippen LogP contribution is 2.17. The molecule has 0 aliphatic rings. The summed E-state index contributed by atoms with van der Waals surface area (Å²) >= 11 is 0. The van der Waals surface area contributed by atoms with Crippen molar-refractivity contribution in [1.29, 1.82) is 0 Å². The Kier molecular flexibility index (Phi) is 5.01. The van der Waals surface area contributed by atoms with Crippen LogP contribution in [0, 0.1) is 5.92 Å². The first-order chi connectivity index (χ1) is 10.5. The number of ketones is 1. The number of carboxylic acids is 1. The van der Waals surface area contributed by atoms with Gasteiger partial charge in [-0.15, -0.1) is 0 Å². The summed E-state index contributed by atoms with van der Waals surface area (Å²) in [6, 6.07) is 14.8. The molecule has 2 N–H and O–H groups in total. The molecule has 22 heavy (non-hydrogen) atoms. The first kappa shape index (κ1) is 15.9. The lowest BCUT2D eigenvalue weighted by Crippen LogP contribution is -2.34. The van der Waals surface area contributed by atoms with E-state index in [1.54, 1.807) is 12.1 Å². The lowest BCUT2D eigenvalue weighted by molar-refractivity contribution is -0.150. The minimum absolute atomic E-state index is 0.122. The second-order valence-electron chi connectivity index (χ2n) is 5.08. The fourth-order valence-corrected chi connectivity index (χ4v) is 2.25. The van der Waals surface area contributed by atoms with Crippen molar-refractivity contribution in [2.75, 3.05) is 0 Å². The van der Waals surface area contributed by atoms with Gasteiger partial charge in [0.15, 0.2) is 5.78 Å². The summed E-state index contributed by atoms with van der Waals surface area (Å²) in [5, 5.41) is 18.5. The van der Waals surface area contributed by atoms with E-state index in [2.05, 4.69) is 4.98 Å². The first-order valence-electron chi connectivity index (χ1n) is 6.94. The quantitative estimate of drug-likeness (QED) is 0.796. The number of rotatable bonds is 6. The van der Waals surface area contributed by atoms with Crippen molar-refractivity contribution in [1.82, 2.24) is 4.98 Å². The van der Waals surface area contributed by atoms with Crippen LogP contribution in [0.5, 0.6) is 0 Å². The van der Waals surface area contributed by atoms with Crippen LogP contribution in [0.4, 0.5) is 0 Å². The molecule has 0 unspecified atom stereocenters. The number of aliphatic hydroxyl groups excluding tert-OH is 1. The second kappa shape index (κ2) is 6.95. The molecular weight excluding hydrogens is 282 g/mol. The third kappa shape index (κ3) is 3.77. The molecule has 5 heteroatoms. The molecule has 1 aromatic carbocycles. The van der Waals surface area contributed by atoms with Crippen molar-refractivity contribution in [3.63, 3.8) is 0 Å². The zero-order valence-corrected chi connectivity index (χ0v) is 12.1. The molecule has 0 fully saturated rings. The molecule has 1 heterocycles. The number of Topliss-reactive ketones (excluding diaryl/α,β-unsaturated/α-hetero) is 1. The number of aliphatic carboxylic acids is 1. The van der Waals surface area contributed by atoms with Crippen molar-refractivity contribution in [3.05, 3.63) is 54.2 Å². The molecule has 0 saturated heterocycles. The van der Waals surface area contributed by atoms with Gasteiger partial charge in [0.05, 0.1) is 11.8 Å². The Balaban J connectivity index is 2.20. The summed E-state index contributed by atoms with van der Waals surface area (Å²) in [5.41, 5.74) is 2.12. The number of carboxylic acid groups (broad SMARTS) is 1. The summed E-state index contributed by atoms with van der Waals surface area (Å²) in [5.74, 6) is -3.30. The Morgan fingerprint density at radius 3 is 2.36 bits per heavy atom. The van der Waals surface area contributed by atoms with E-state index in [-0.39, 0.29) is 6.42 Å². The average Bonchev–Trinajstić information content (AvgIpc) is 2.47. The normalized spacial score (nSPS) is 13.4. The highest BCUT2D eigenvalue weighted by atomic mass is 16.4. The van der Waals surface area contributed by atoms with Crippen LogP contribution in [-0.4, -0.2) is 33.1 Å². The number of carbonyl (C=O) groups is 2. The summed E-state index contributed by atoms with van der Waals surface area (Å²) in [6.45, 7) is 1.30. The third-order valence-electron chi connectivity index (χ3n) is 3.33. The molecule has 0 bridgehead atoms. The van der Waals surface area contributed by atoms with Gasteiger partial charge in [-0.2, -0.15) is 0 Å². The monoisotopic (exact) mass is 299 g/mol. The standard InChI is InChI=1S/C17H17NO4/c1-11(19)16(17(21)22)15(20)10-13-8-5-9-14(18-13)12-6-3-2-4-7-12/h2-9,11,16,19H,10H2,1H3,(H,21,22)/t11-,16+/m1/s1. The van der Waals surface area contributed by atoms with Crippen molar-refractivity contribution in [3.8, 4) is 11.3 Å². The van der Waals surface area contributed by atoms with Gasteiger partial charge in [0.2, 0.25) is 0 Å². The van der Waals surface area contributed by atoms with Gasteiger partial charge >= 0.3 is 5.97 Å². The largest absolute Gasteiger partial charge is 0.481 e. The van der Waals surface area contributed by atoms with Gasteiger partial charge in [0, 0.05) is 17.7 Å². The maximum absolute atomic E-state index is 12.1. The van der Waals surface area contributed by atoms with E-state index in [0.29, 0.717) is 5.69 Å². The highest BCUT2D eigenvalue weighted by Gasteiger charge is 2.30. The maximum Gasteiger partial charge on any atom is 0.316 e. The number of pyridine rings is 1. The lowest BCUT2D eigenvalue weighted by Gasteiger charge is -2.14. The Morgan fingerprint density at radius 2 is 1.77 bits per heavy atom. The number of nitrogens with zero attached hydrogens (tertiary/aromatic N) is 1. The van der Waals surface area contributed by atoms with Gasteiger partial charge in [-0.3, -0.25) is 14.6 Å². The van der Waals surface area contributed by atoms with Crippen LogP contribution in [0.15, 0.2) is 48.5 Å². The van der Waals surface area contributed by atoms with Crippen molar-refractivity contribution in [2.24, 2.45) is 5.92 Å². The highest BCUT2D eigenvalue weighted by molar-refractivity contribution is 5.99. The number of carbonyl (C=O) groups excluding carboxylic acids is 1. The van der Waals surface area contributed by atoms with Crippen LogP contribution >= 0.6 is 0 Å². The molecule has 0 saturated carbocycles. The molecule has 5 nitrogen and oxygen atoms in total.